The van der Waals surface area contributed by atoms with Gasteiger partial charge >= 0.3 is 0 Å². The summed E-state index contributed by atoms with van der Waals surface area (Å²) in [5, 5.41) is 19.6. The molecule has 1 heterocycles. The van der Waals surface area contributed by atoms with Crippen LogP contribution in [0.4, 0.5) is 4.39 Å². The molecule has 0 spiro atoms. The van der Waals surface area contributed by atoms with Crippen LogP contribution < -0.4 is 0 Å². The van der Waals surface area contributed by atoms with Crippen molar-refractivity contribution in [2.24, 2.45) is 5.41 Å². The van der Waals surface area contributed by atoms with Crippen LogP contribution in [-0.4, -0.2) is 18.3 Å². The standard InChI is InChI=1S/C13H13ClFNO2/c14-10-3-2-9(6-11(10)15)12(17)13(7-16)4-1-5-18-8-13/h2-3,6,12,17H,1,4-5,8H2. The first-order valence-corrected chi connectivity index (χ1v) is 6.09. The average Bonchev–Trinajstić information content (AvgIpc) is 2.42. The molecule has 1 aromatic rings. The largest absolute Gasteiger partial charge is 0.387 e. The van der Waals surface area contributed by atoms with E-state index in [0.717, 1.165) is 0 Å². The second-order valence-corrected chi connectivity index (χ2v) is 4.91. The van der Waals surface area contributed by atoms with Crippen LogP contribution in [-0.2, 0) is 4.74 Å². The highest BCUT2D eigenvalue weighted by molar-refractivity contribution is 6.30. The summed E-state index contributed by atoms with van der Waals surface area (Å²) in [5.74, 6) is -0.599. The minimum atomic E-state index is -1.07. The van der Waals surface area contributed by atoms with Gasteiger partial charge in [0.1, 0.15) is 11.2 Å². The van der Waals surface area contributed by atoms with Crippen molar-refractivity contribution in [2.75, 3.05) is 13.2 Å². The van der Waals surface area contributed by atoms with Gasteiger partial charge in [0, 0.05) is 6.61 Å². The monoisotopic (exact) mass is 269 g/mol. The summed E-state index contributed by atoms with van der Waals surface area (Å²) < 4.78 is 18.6. The zero-order valence-corrected chi connectivity index (χ0v) is 10.5. The van der Waals surface area contributed by atoms with Crippen LogP contribution in [0.3, 0.4) is 0 Å². The van der Waals surface area contributed by atoms with E-state index in [1.54, 1.807) is 0 Å². The van der Waals surface area contributed by atoms with Crippen LogP contribution in [0.25, 0.3) is 0 Å². The highest BCUT2D eigenvalue weighted by Crippen LogP contribution is 2.40. The Morgan fingerprint density at radius 3 is 2.89 bits per heavy atom. The summed E-state index contributed by atoms with van der Waals surface area (Å²) >= 11 is 5.59. The zero-order chi connectivity index (χ0) is 13.2. The maximum Gasteiger partial charge on any atom is 0.142 e. The predicted molar refractivity (Wildman–Crippen MR) is 64.5 cm³/mol. The number of aliphatic hydroxyl groups is 1. The zero-order valence-electron chi connectivity index (χ0n) is 9.70. The molecule has 1 aliphatic rings. The van der Waals surface area contributed by atoms with Crippen LogP contribution in [0.2, 0.25) is 5.02 Å². The molecule has 5 heteroatoms. The molecule has 1 aliphatic heterocycles. The van der Waals surface area contributed by atoms with E-state index in [-0.39, 0.29) is 11.6 Å². The summed E-state index contributed by atoms with van der Waals surface area (Å²) in [6.07, 6.45) is 0.171. The summed E-state index contributed by atoms with van der Waals surface area (Å²) in [6, 6.07) is 6.20. The van der Waals surface area contributed by atoms with Crippen molar-refractivity contribution in [3.8, 4) is 6.07 Å². The van der Waals surface area contributed by atoms with E-state index in [9.17, 15) is 14.8 Å². The van der Waals surface area contributed by atoms with E-state index < -0.39 is 17.3 Å². The molecule has 0 radical (unpaired) electrons. The van der Waals surface area contributed by atoms with Crippen molar-refractivity contribution in [3.63, 3.8) is 0 Å². The molecular weight excluding hydrogens is 257 g/mol. The molecule has 1 N–H and O–H groups in total. The highest BCUT2D eigenvalue weighted by atomic mass is 35.5. The van der Waals surface area contributed by atoms with Crippen LogP contribution >= 0.6 is 11.6 Å². The van der Waals surface area contributed by atoms with Crippen molar-refractivity contribution in [3.05, 3.63) is 34.6 Å². The molecule has 0 aromatic heterocycles. The molecule has 1 fully saturated rings. The minimum Gasteiger partial charge on any atom is -0.387 e. The van der Waals surface area contributed by atoms with Crippen LogP contribution in [0.1, 0.15) is 24.5 Å². The SMILES string of the molecule is N#CC1(C(O)c2ccc(Cl)c(F)c2)CCCOC1. The molecule has 0 amide bonds. The van der Waals surface area contributed by atoms with E-state index in [4.69, 9.17) is 16.3 Å². The molecular formula is C13H13ClFNO2. The fourth-order valence-corrected chi connectivity index (χ4v) is 2.30. The number of hydrogen-bond acceptors (Lipinski definition) is 3. The number of hydrogen-bond donors (Lipinski definition) is 1. The van der Waals surface area contributed by atoms with E-state index in [1.807, 2.05) is 0 Å². The summed E-state index contributed by atoms with van der Waals surface area (Å²) in [5.41, 5.74) is -0.651. The van der Waals surface area contributed by atoms with Gasteiger partial charge in [-0.1, -0.05) is 17.7 Å². The predicted octanol–water partition coefficient (Wildman–Crippen LogP) is 2.83. The summed E-state index contributed by atoms with van der Waals surface area (Å²) in [4.78, 5) is 0. The van der Waals surface area contributed by atoms with Crippen molar-refractivity contribution in [2.45, 2.75) is 18.9 Å². The smallest absolute Gasteiger partial charge is 0.142 e. The van der Waals surface area contributed by atoms with Gasteiger partial charge in [0.2, 0.25) is 0 Å². The third kappa shape index (κ3) is 2.35. The molecule has 2 atom stereocenters. The lowest BCUT2D eigenvalue weighted by Gasteiger charge is -2.34. The number of benzene rings is 1. The third-order valence-corrected chi connectivity index (χ3v) is 3.58. The first-order chi connectivity index (χ1) is 8.59. The molecule has 0 bridgehead atoms. The lowest BCUT2D eigenvalue weighted by Crippen LogP contribution is -2.36. The fourth-order valence-electron chi connectivity index (χ4n) is 2.18. The quantitative estimate of drug-likeness (QED) is 0.898. The first kappa shape index (κ1) is 13.3. The molecule has 0 aliphatic carbocycles. The number of ether oxygens (including phenoxy) is 1. The van der Waals surface area contributed by atoms with Crippen molar-refractivity contribution >= 4 is 11.6 Å². The minimum absolute atomic E-state index is 0.00291. The topological polar surface area (TPSA) is 53.2 Å². The molecule has 18 heavy (non-hydrogen) atoms. The third-order valence-electron chi connectivity index (χ3n) is 3.28. The Bertz CT molecular complexity index is 480. The molecule has 2 rings (SSSR count). The number of rotatable bonds is 2. The van der Waals surface area contributed by atoms with Gasteiger partial charge in [-0.05, 0) is 30.5 Å². The molecule has 0 saturated carbocycles. The highest BCUT2D eigenvalue weighted by Gasteiger charge is 2.41. The Morgan fingerprint density at radius 1 is 1.56 bits per heavy atom. The van der Waals surface area contributed by atoms with Gasteiger partial charge in [0.05, 0.1) is 23.8 Å². The Labute approximate surface area is 110 Å². The first-order valence-electron chi connectivity index (χ1n) is 5.71. The normalized spacial score (nSPS) is 25.4. The van der Waals surface area contributed by atoms with E-state index >= 15 is 0 Å². The van der Waals surface area contributed by atoms with Crippen LogP contribution in [0.15, 0.2) is 18.2 Å². The van der Waals surface area contributed by atoms with E-state index in [0.29, 0.717) is 25.0 Å². The van der Waals surface area contributed by atoms with Gasteiger partial charge in [-0.15, -0.1) is 0 Å². The van der Waals surface area contributed by atoms with Gasteiger partial charge in [0.25, 0.3) is 0 Å². The van der Waals surface area contributed by atoms with Gasteiger partial charge in [-0.25, -0.2) is 4.39 Å². The number of nitrogens with zero attached hydrogens (tertiary/aromatic N) is 1. The lowest BCUT2D eigenvalue weighted by atomic mass is 9.76. The Balaban J connectivity index is 2.31. The molecule has 1 saturated heterocycles. The summed E-state index contributed by atoms with van der Waals surface area (Å²) in [7, 11) is 0. The Morgan fingerprint density at radius 2 is 2.33 bits per heavy atom. The van der Waals surface area contributed by atoms with Gasteiger partial charge in [0.15, 0.2) is 0 Å². The number of halogens is 2. The van der Waals surface area contributed by atoms with Gasteiger partial charge in [-0.2, -0.15) is 5.26 Å². The van der Waals surface area contributed by atoms with E-state index in [2.05, 4.69) is 6.07 Å². The van der Waals surface area contributed by atoms with Crippen LogP contribution in [0.5, 0.6) is 0 Å². The second kappa shape index (κ2) is 5.23. The molecule has 1 aromatic carbocycles. The molecule has 2 unspecified atom stereocenters. The number of nitriles is 1. The molecule has 96 valence electrons. The maximum atomic E-state index is 13.4. The van der Waals surface area contributed by atoms with Crippen molar-refractivity contribution in [1.82, 2.24) is 0 Å². The second-order valence-electron chi connectivity index (χ2n) is 4.50. The Hall–Kier alpha value is -1.15. The van der Waals surface area contributed by atoms with Crippen LogP contribution in [0, 0.1) is 22.6 Å². The fraction of sp³-hybridized carbons (Fsp3) is 0.462. The number of aliphatic hydroxyl groups excluding tert-OH is 1. The van der Waals surface area contributed by atoms with Gasteiger partial charge < -0.3 is 9.84 Å². The average molecular weight is 270 g/mol. The maximum absolute atomic E-state index is 13.4. The van der Waals surface area contributed by atoms with E-state index in [1.165, 1.54) is 18.2 Å². The Kier molecular flexibility index (Phi) is 3.86. The van der Waals surface area contributed by atoms with Gasteiger partial charge in [-0.3, -0.25) is 0 Å². The van der Waals surface area contributed by atoms with Crippen molar-refractivity contribution < 1.29 is 14.2 Å². The summed E-state index contributed by atoms with van der Waals surface area (Å²) in [6.45, 7) is 0.750. The van der Waals surface area contributed by atoms with Crippen molar-refractivity contribution in [1.29, 1.82) is 5.26 Å². The molecule has 3 nitrogen and oxygen atoms in total. The lowest BCUT2D eigenvalue weighted by molar-refractivity contribution is -0.0506.